The molecule has 112 valence electrons. The van der Waals surface area contributed by atoms with Crippen molar-refractivity contribution < 1.29 is 17.5 Å². The van der Waals surface area contributed by atoms with E-state index in [0.29, 0.717) is 5.75 Å². The van der Waals surface area contributed by atoms with Crippen LogP contribution in [0.5, 0.6) is 5.75 Å². The summed E-state index contributed by atoms with van der Waals surface area (Å²) >= 11 is 0. The molecule has 0 bridgehead atoms. The fourth-order valence-electron chi connectivity index (χ4n) is 1.77. The van der Waals surface area contributed by atoms with Gasteiger partial charge < -0.3 is 4.74 Å². The van der Waals surface area contributed by atoms with Gasteiger partial charge in [-0.25, -0.2) is 12.8 Å². The number of hydrogen-bond donors (Lipinski definition) is 1. The maximum absolute atomic E-state index is 13.6. The Bertz CT molecular complexity index is 729. The van der Waals surface area contributed by atoms with Crippen LogP contribution in [0.1, 0.15) is 13.8 Å². The van der Waals surface area contributed by atoms with Crippen molar-refractivity contribution >= 4 is 15.7 Å². The molecule has 2 aromatic rings. The lowest BCUT2D eigenvalue weighted by Crippen LogP contribution is -2.16. The van der Waals surface area contributed by atoms with Gasteiger partial charge >= 0.3 is 0 Å². The Kier molecular flexibility index (Phi) is 4.47. The number of rotatable bonds is 5. The number of halogens is 1. The molecule has 4 nitrogen and oxygen atoms in total. The summed E-state index contributed by atoms with van der Waals surface area (Å²) < 4.78 is 46.0. The summed E-state index contributed by atoms with van der Waals surface area (Å²) in [5.74, 6) is -0.403. The van der Waals surface area contributed by atoms with Crippen LogP contribution in [0.4, 0.5) is 10.1 Å². The van der Waals surface area contributed by atoms with Gasteiger partial charge in [-0.2, -0.15) is 0 Å². The van der Waals surface area contributed by atoms with Gasteiger partial charge in [-0.15, -0.1) is 0 Å². The van der Waals surface area contributed by atoms with Gasteiger partial charge in [0, 0.05) is 0 Å². The SMILES string of the molecule is CC(C)Oc1ccccc1NS(=O)(=O)c1ccccc1F. The monoisotopic (exact) mass is 309 g/mol. The molecule has 0 atom stereocenters. The summed E-state index contributed by atoms with van der Waals surface area (Å²) in [5, 5.41) is 0. The van der Waals surface area contributed by atoms with Crippen molar-refractivity contribution in [2.24, 2.45) is 0 Å². The van der Waals surface area contributed by atoms with E-state index in [-0.39, 0.29) is 11.8 Å². The van der Waals surface area contributed by atoms with Crippen LogP contribution in [0.15, 0.2) is 53.4 Å². The standard InChI is InChI=1S/C15H16FNO3S/c1-11(2)20-14-9-5-4-8-13(14)17-21(18,19)15-10-6-3-7-12(15)16/h3-11,17H,1-2H3. The van der Waals surface area contributed by atoms with Gasteiger partial charge in [0.25, 0.3) is 10.0 Å². The molecule has 0 fully saturated rings. The average Bonchev–Trinajstić information content (AvgIpc) is 2.40. The molecule has 0 heterocycles. The van der Waals surface area contributed by atoms with Crippen LogP contribution in [0.25, 0.3) is 0 Å². The highest BCUT2D eigenvalue weighted by Crippen LogP contribution is 2.28. The van der Waals surface area contributed by atoms with Crippen LogP contribution in [-0.4, -0.2) is 14.5 Å². The molecule has 0 saturated heterocycles. The Morgan fingerprint density at radius 2 is 1.67 bits per heavy atom. The van der Waals surface area contributed by atoms with Gasteiger partial charge in [0.1, 0.15) is 16.5 Å². The Balaban J connectivity index is 2.36. The van der Waals surface area contributed by atoms with Gasteiger partial charge in [-0.3, -0.25) is 4.72 Å². The molecular weight excluding hydrogens is 293 g/mol. The normalized spacial score (nSPS) is 11.4. The molecule has 0 aliphatic heterocycles. The molecule has 2 aromatic carbocycles. The van der Waals surface area contributed by atoms with Crippen molar-refractivity contribution in [3.63, 3.8) is 0 Å². The van der Waals surface area contributed by atoms with E-state index >= 15 is 0 Å². The molecule has 0 aromatic heterocycles. The first-order valence-corrected chi connectivity index (χ1v) is 7.91. The van der Waals surface area contributed by atoms with E-state index in [9.17, 15) is 12.8 Å². The fourth-order valence-corrected chi connectivity index (χ4v) is 2.92. The first kappa shape index (κ1) is 15.3. The summed E-state index contributed by atoms with van der Waals surface area (Å²) in [6.45, 7) is 3.67. The number of nitrogens with one attached hydrogen (secondary N) is 1. The molecule has 0 radical (unpaired) electrons. The minimum absolute atomic E-state index is 0.107. The molecule has 0 aliphatic carbocycles. The second-order valence-electron chi connectivity index (χ2n) is 4.70. The Labute approximate surface area is 123 Å². The molecule has 0 saturated carbocycles. The van der Waals surface area contributed by atoms with Gasteiger partial charge in [0.15, 0.2) is 0 Å². The first-order valence-electron chi connectivity index (χ1n) is 6.43. The molecule has 1 N–H and O–H groups in total. The first-order chi connectivity index (χ1) is 9.90. The Morgan fingerprint density at radius 3 is 2.33 bits per heavy atom. The predicted octanol–water partition coefficient (Wildman–Crippen LogP) is 3.41. The third kappa shape index (κ3) is 3.72. The zero-order chi connectivity index (χ0) is 15.5. The summed E-state index contributed by atoms with van der Waals surface area (Å²) in [5.41, 5.74) is 0.273. The molecular formula is C15H16FNO3S. The minimum atomic E-state index is -4.01. The van der Waals surface area contributed by atoms with Crippen molar-refractivity contribution in [3.8, 4) is 5.75 Å². The molecule has 0 amide bonds. The zero-order valence-electron chi connectivity index (χ0n) is 11.7. The zero-order valence-corrected chi connectivity index (χ0v) is 12.5. The molecule has 0 aliphatic rings. The Morgan fingerprint density at radius 1 is 1.05 bits per heavy atom. The maximum Gasteiger partial charge on any atom is 0.264 e. The topological polar surface area (TPSA) is 55.4 Å². The lowest BCUT2D eigenvalue weighted by Gasteiger charge is -2.15. The second kappa shape index (κ2) is 6.13. The van der Waals surface area contributed by atoms with E-state index in [2.05, 4.69) is 4.72 Å². The van der Waals surface area contributed by atoms with Crippen molar-refractivity contribution in [1.29, 1.82) is 0 Å². The summed E-state index contributed by atoms with van der Waals surface area (Å²) in [6.07, 6.45) is -0.107. The van der Waals surface area contributed by atoms with E-state index < -0.39 is 20.7 Å². The molecule has 21 heavy (non-hydrogen) atoms. The van der Waals surface area contributed by atoms with Crippen molar-refractivity contribution in [2.75, 3.05) is 4.72 Å². The van der Waals surface area contributed by atoms with E-state index in [0.717, 1.165) is 6.07 Å². The van der Waals surface area contributed by atoms with Crippen LogP contribution in [0, 0.1) is 5.82 Å². The minimum Gasteiger partial charge on any atom is -0.489 e. The average molecular weight is 309 g/mol. The van der Waals surface area contributed by atoms with Crippen molar-refractivity contribution in [3.05, 3.63) is 54.3 Å². The van der Waals surface area contributed by atoms with E-state index in [1.807, 2.05) is 13.8 Å². The second-order valence-corrected chi connectivity index (χ2v) is 6.35. The van der Waals surface area contributed by atoms with Crippen molar-refractivity contribution in [1.82, 2.24) is 0 Å². The maximum atomic E-state index is 13.6. The lowest BCUT2D eigenvalue weighted by atomic mass is 10.3. The lowest BCUT2D eigenvalue weighted by molar-refractivity contribution is 0.244. The van der Waals surface area contributed by atoms with Crippen LogP contribution in [0.2, 0.25) is 0 Å². The fraction of sp³-hybridized carbons (Fsp3) is 0.200. The highest BCUT2D eigenvalue weighted by molar-refractivity contribution is 7.92. The van der Waals surface area contributed by atoms with Crippen molar-refractivity contribution in [2.45, 2.75) is 24.8 Å². The number of sulfonamides is 1. The van der Waals surface area contributed by atoms with E-state index in [4.69, 9.17) is 4.74 Å². The van der Waals surface area contributed by atoms with Crippen LogP contribution < -0.4 is 9.46 Å². The number of anilines is 1. The third-order valence-electron chi connectivity index (χ3n) is 2.62. The van der Waals surface area contributed by atoms with Crippen LogP contribution in [-0.2, 0) is 10.0 Å². The van der Waals surface area contributed by atoms with Crippen LogP contribution in [0.3, 0.4) is 0 Å². The van der Waals surface area contributed by atoms with Gasteiger partial charge in [-0.1, -0.05) is 24.3 Å². The largest absolute Gasteiger partial charge is 0.489 e. The van der Waals surface area contributed by atoms with E-state index in [1.165, 1.54) is 18.2 Å². The smallest absolute Gasteiger partial charge is 0.264 e. The highest BCUT2D eigenvalue weighted by Gasteiger charge is 2.20. The van der Waals surface area contributed by atoms with Gasteiger partial charge in [-0.05, 0) is 38.1 Å². The van der Waals surface area contributed by atoms with Gasteiger partial charge in [0.2, 0.25) is 0 Å². The van der Waals surface area contributed by atoms with Crippen LogP contribution >= 0.6 is 0 Å². The molecule has 2 rings (SSSR count). The Hall–Kier alpha value is -2.08. The number of ether oxygens (including phenoxy) is 1. The summed E-state index contributed by atoms with van der Waals surface area (Å²) in [7, 11) is -4.01. The number of para-hydroxylation sites is 2. The molecule has 6 heteroatoms. The molecule has 0 spiro atoms. The summed E-state index contributed by atoms with van der Waals surface area (Å²) in [6, 6.07) is 11.8. The van der Waals surface area contributed by atoms with E-state index in [1.54, 1.807) is 24.3 Å². The predicted molar refractivity (Wildman–Crippen MR) is 79.4 cm³/mol. The quantitative estimate of drug-likeness (QED) is 0.921. The molecule has 0 unspecified atom stereocenters. The number of benzene rings is 2. The van der Waals surface area contributed by atoms with Gasteiger partial charge in [0.05, 0.1) is 11.8 Å². The number of hydrogen-bond acceptors (Lipinski definition) is 3. The third-order valence-corrected chi connectivity index (χ3v) is 4.02. The highest BCUT2D eigenvalue weighted by atomic mass is 32.2. The summed E-state index contributed by atoms with van der Waals surface area (Å²) in [4.78, 5) is -0.399.